The van der Waals surface area contributed by atoms with Crippen LogP contribution < -0.4 is 66.2 Å². The van der Waals surface area contributed by atoms with Gasteiger partial charge in [0.2, 0.25) is 65.6 Å². The van der Waals surface area contributed by atoms with Crippen LogP contribution in [0.4, 0.5) is 0 Å². The second kappa shape index (κ2) is 40.4. The number of likely N-dealkylation sites (N-methyl/N-ethyl adjacent to an activating group) is 2. The van der Waals surface area contributed by atoms with Gasteiger partial charge >= 0.3 is 5.97 Å². The highest BCUT2D eigenvalue weighted by atomic mass is 35.5. The summed E-state index contributed by atoms with van der Waals surface area (Å²) in [7, 11) is 4.20. The molecule has 19 N–H and O–H groups in total. The van der Waals surface area contributed by atoms with Crippen molar-refractivity contribution in [2.24, 2.45) is 0 Å². The van der Waals surface area contributed by atoms with E-state index in [0.717, 1.165) is 119 Å². The second-order valence-corrected chi connectivity index (χ2v) is 33.4. The van der Waals surface area contributed by atoms with Crippen LogP contribution in [0.15, 0.2) is 115 Å². The first kappa shape index (κ1) is 93.3. The number of halogens is 2. The zero-order chi connectivity index (χ0) is 92.1. The predicted octanol–water partition coefficient (Wildman–Crippen LogP) is 4.11. The minimum atomic E-state index is -2.43. The minimum absolute atomic E-state index is 0.0202. The number of carbonyl (C=O) groups excluding carboxylic acids is 9. The maximum Gasteiger partial charge on any atom is 0.337 e. The van der Waals surface area contributed by atoms with Crippen LogP contribution in [-0.4, -0.2) is 247 Å². The Labute approximate surface area is 748 Å². The van der Waals surface area contributed by atoms with Crippen LogP contribution in [0.3, 0.4) is 0 Å². The molecule has 7 aromatic carbocycles. The van der Waals surface area contributed by atoms with E-state index < -0.39 is 271 Å². The van der Waals surface area contributed by atoms with Crippen molar-refractivity contribution in [1.29, 1.82) is 0 Å². The fraction of sp³-hybridized carbons (Fsp3) is 0.427. The van der Waals surface area contributed by atoms with Gasteiger partial charge in [0.15, 0.2) is 29.1 Å². The Bertz CT molecular complexity index is 5400. The monoisotopic (exact) mass is 1830 g/mol. The van der Waals surface area contributed by atoms with E-state index in [4.69, 9.17) is 61.1 Å². The molecule has 3 saturated heterocycles. The molecule has 0 saturated carbocycles. The molecule has 0 unspecified atom stereocenters. The van der Waals surface area contributed by atoms with Crippen LogP contribution in [0.1, 0.15) is 146 Å². The Balaban J connectivity index is 0.994. The lowest BCUT2D eigenvalue weighted by Gasteiger charge is -2.41. The zero-order valence-corrected chi connectivity index (χ0v) is 71.7. The summed E-state index contributed by atoms with van der Waals surface area (Å²) in [4.78, 5) is 143. The molecule has 17 bridgehead atoms. The molecule has 688 valence electrons. The van der Waals surface area contributed by atoms with E-state index in [0.29, 0.717) is 18.4 Å². The lowest BCUT2D eigenvalue weighted by molar-refractivity contribution is -0.277. The first-order chi connectivity index (χ1) is 61.8. The van der Waals surface area contributed by atoms with Crippen molar-refractivity contribution in [1.82, 2.24) is 52.3 Å². The van der Waals surface area contributed by atoms with E-state index in [1.54, 1.807) is 7.05 Å². The third kappa shape index (κ3) is 20.4. The number of nitrogens with zero attached hydrogens (tertiary/aromatic N) is 2. The number of phenols is 4. The molecule has 9 aliphatic heterocycles. The van der Waals surface area contributed by atoms with Gasteiger partial charge in [-0.25, -0.2) is 4.79 Å². The van der Waals surface area contributed by atoms with Crippen molar-refractivity contribution in [3.8, 4) is 80.1 Å². The number of nitrogens with one attached hydrogen (secondary N) is 8. The van der Waals surface area contributed by atoms with Gasteiger partial charge in [0.25, 0.3) is 0 Å². The first-order valence-electron chi connectivity index (χ1n) is 42.2. The molecule has 129 heavy (non-hydrogen) atoms. The van der Waals surface area contributed by atoms with E-state index in [1.807, 2.05) is 4.90 Å². The summed E-state index contributed by atoms with van der Waals surface area (Å²) >= 11 is 14.4. The molecule has 8 amide bonds. The highest BCUT2D eigenvalue weighted by Crippen LogP contribution is 2.51. The molecule has 40 heteroatoms. The van der Waals surface area contributed by atoms with Gasteiger partial charge in [-0.3, -0.25) is 38.4 Å². The Morgan fingerprint density at radius 3 is 1.87 bits per heavy atom. The van der Waals surface area contributed by atoms with Crippen molar-refractivity contribution in [2.45, 2.75) is 187 Å². The predicted molar refractivity (Wildman–Crippen MR) is 454 cm³/mol. The Morgan fingerprint density at radius 1 is 0.543 bits per heavy atom. The van der Waals surface area contributed by atoms with Crippen LogP contribution in [0.5, 0.6) is 69.0 Å². The molecule has 9 heterocycles. The van der Waals surface area contributed by atoms with Gasteiger partial charge in [0.05, 0.1) is 23.8 Å². The standard InChI is InChI=1S/C89H100Cl2N10O28/c1-5-6-7-8-9-10-11-12-13-14-62(107)94-71-74(110)76(112)79(87(121)122-4)129-88(71)128-78-59-33-44-34-60(78)125-56-24-19-43(31-51(56)90)72(108)70-85(119)98-69(86(120)101-27-25-100(3)26-28-101)49-35-45(103)36-58(126-89-77(113)75(111)73(109)61(39-102)127-89)63(49)48-30-41(17-22-53(48)104)66(82(116)99-70)95-83(117)67(44)96-84(118)68-50-37-47(38-55(106)64(50)91)124-57-32-42(18-23-54(57)105)65(92-2)81(115)93-52(80(114)97-68)29-40-15-20-46(123-59)21-16-40/h15-24,30-38,52,61,65-77,79,88-89,92,102-106,108-113H,5-14,25-29,39H2,1-4H3,(H,93,115)(H,94,107)(H,95,117)(H,96,118)(H,97,114)(H,98,119)(H,99,116)/t52-,61-,65-,66-,67-,68+,69-,70+,71-,72-,73-,74-,75+,76+,77+,79+,88-,89+/m1/s1. The number of piperazine rings is 1. The molecule has 0 spiro atoms. The van der Waals surface area contributed by atoms with Gasteiger partial charge < -0.3 is 146 Å². The van der Waals surface area contributed by atoms with Crippen molar-refractivity contribution in [2.75, 3.05) is 54.0 Å². The molecule has 0 aliphatic carbocycles. The number of hydrogen-bond donors (Lipinski definition) is 19. The normalized spacial score (nSPS) is 26.5. The average Bonchev–Trinajstić information content (AvgIpc) is 0.756. The summed E-state index contributed by atoms with van der Waals surface area (Å²) in [5.41, 5.74) is -2.46. The van der Waals surface area contributed by atoms with Gasteiger partial charge in [-0.15, -0.1) is 0 Å². The number of phenolic OH excluding ortho intramolecular Hbond substituents is 4. The number of ether oxygens (including phenoxy) is 8. The zero-order valence-electron chi connectivity index (χ0n) is 70.2. The van der Waals surface area contributed by atoms with Gasteiger partial charge in [0, 0.05) is 67.8 Å². The minimum Gasteiger partial charge on any atom is -0.508 e. The molecule has 7 aromatic rings. The van der Waals surface area contributed by atoms with Gasteiger partial charge in [-0.05, 0) is 127 Å². The Hall–Kier alpha value is -11.9. The van der Waals surface area contributed by atoms with E-state index in [9.17, 15) is 70.6 Å². The number of aliphatic hydroxyl groups is 7. The molecular weight excluding hydrogens is 1730 g/mol. The number of amides is 8. The first-order valence-corrected chi connectivity index (χ1v) is 42.9. The number of aliphatic hydroxyl groups excluding tert-OH is 7. The SMILES string of the molecule is CCCCCCCCCCCC(=O)N[C@H]1[C@H](Oc2c3cc4cc2Oc2ccc(cc2Cl)[C@@H](O)[C@@H]2NC(=O)[C@H](NC(=O)[C@@H]4NC(=O)[C@H]4NC(=O)[C@@H](Cc5ccc(cc5)O3)NC(=O)[C@H](NC)c3ccc(O)c(c3)Oc3cc(O)c(Cl)c4c3)c3ccc(O)c(c3)-c3c(O[C@H]4O[C@H](CO)[C@@H](O)[C@H](O)[C@@H]4O)cc(O)cc3[C@H](C(=O)N3CCN(C)CC3)NC2=O)O[C@H](C(=O)OC)[C@@H](O)[C@@H]1O. The van der Waals surface area contributed by atoms with E-state index in [-0.39, 0.29) is 61.0 Å². The number of carbonyl (C=O) groups is 9. The van der Waals surface area contributed by atoms with E-state index in [2.05, 4.69) is 49.5 Å². The smallest absolute Gasteiger partial charge is 0.337 e. The average molecular weight is 1830 g/mol. The molecule has 0 aromatic heterocycles. The molecule has 16 rings (SSSR count). The van der Waals surface area contributed by atoms with Gasteiger partial charge in [-0.1, -0.05) is 112 Å². The summed E-state index contributed by atoms with van der Waals surface area (Å²) in [6.45, 7) is 1.77. The highest BCUT2D eigenvalue weighted by Gasteiger charge is 2.52. The number of methoxy groups -OCH3 is 1. The lowest BCUT2D eigenvalue weighted by atomic mass is 9.89. The number of fused-ring (bicyclic) bond motifs is 14. The van der Waals surface area contributed by atoms with Crippen molar-refractivity contribution >= 4 is 76.4 Å². The summed E-state index contributed by atoms with van der Waals surface area (Å²) in [5, 5.41) is 149. The van der Waals surface area contributed by atoms with Crippen LogP contribution in [0.2, 0.25) is 10.0 Å². The number of rotatable bonds is 19. The largest absolute Gasteiger partial charge is 0.508 e. The van der Waals surface area contributed by atoms with Crippen LogP contribution in [0, 0.1) is 0 Å². The van der Waals surface area contributed by atoms with Crippen molar-refractivity contribution in [3.05, 3.63) is 164 Å². The molecule has 0 radical (unpaired) electrons. The van der Waals surface area contributed by atoms with E-state index >= 15 is 28.8 Å². The number of benzene rings is 7. The topological polar surface area (TPSA) is 553 Å². The van der Waals surface area contributed by atoms with Gasteiger partial charge in [-0.2, -0.15) is 0 Å². The quantitative estimate of drug-likeness (QED) is 0.0400. The van der Waals surface area contributed by atoms with Crippen LogP contribution in [-0.2, 0) is 63.8 Å². The van der Waals surface area contributed by atoms with Crippen molar-refractivity contribution in [3.63, 3.8) is 0 Å². The maximum atomic E-state index is 16.9. The fourth-order valence-electron chi connectivity index (χ4n) is 16.6. The molecule has 18 atom stereocenters. The fourth-order valence-corrected chi connectivity index (χ4v) is 17.0. The molecule has 3 fully saturated rings. The number of unbranched alkanes of at least 4 members (excludes halogenated alkanes) is 8. The summed E-state index contributed by atoms with van der Waals surface area (Å²) in [6, 6.07) is 6.33. The third-order valence-electron chi connectivity index (χ3n) is 23.7. The number of aromatic hydroxyl groups is 4. The van der Waals surface area contributed by atoms with Gasteiger partial charge in [0.1, 0.15) is 131 Å². The molecular formula is C89H100Cl2N10O28. The molecule has 38 nitrogen and oxygen atoms in total. The highest BCUT2D eigenvalue weighted by molar-refractivity contribution is 6.33. The second-order valence-electron chi connectivity index (χ2n) is 32.6. The third-order valence-corrected chi connectivity index (χ3v) is 24.4. The lowest BCUT2D eigenvalue weighted by Crippen LogP contribution is -2.66. The van der Waals surface area contributed by atoms with Crippen molar-refractivity contribution < 1.29 is 137 Å². The van der Waals surface area contributed by atoms with Crippen LogP contribution in [0.25, 0.3) is 11.1 Å². The maximum absolute atomic E-state index is 16.9. The number of hydrogen-bond acceptors (Lipinski definition) is 30. The van der Waals surface area contributed by atoms with E-state index in [1.165, 1.54) is 60.5 Å². The summed E-state index contributed by atoms with van der Waals surface area (Å²) in [6.07, 6.45) is -13.0. The van der Waals surface area contributed by atoms with Crippen LogP contribution >= 0.6 is 23.2 Å². The summed E-state index contributed by atoms with van der Waals surface area (Å²) < 4.78 is 50.1. The Kier molecular flexibility index (Phi) is 29.2. The summed E-state index contributed by atoms with van der Waals surface area (Å²) in [5.74, 6) is -16.8. The molecule has 9 aliphatic rings. The number of esters is 1. The Morgan fingerprint density at radius 2 is 1.18 bits per heavy atom.